The number of H-pyrrole nitrogens is 1. The molecule has 0 amide bonds. The number of carbonyl (C=O) groups is 1. The van der Waals surface area contributed by atoms with Crippen molar-refractivity contribution in [2.75, 3.05) is 13.1 Å². The van der Waals surface area contributed by atoms with Crippen LogP contribution in [0.2, 0.25) is 0 Å². The van der Waals surface area contributed by atoms with Crippen LogP contribution < -0.4 is 5.32 Å². The number of aromatic nitrogens is 2. The molecule has 3 aromatic rings. The lowest BCUT2D eigenvalue weighted by atomic mass is 10.00. The minimum atomic E-state index is -0.258. The largest absolute Gasteiger partial charge is 0.458 e. The molecule has 0 bridgehead atoms. The van der Waals surface area contributed by atoms with Crippen molar-refractivity contribution in [2.24, 2.45) is 0 Å². The Balaban J connectivity index is 1.89. The summed E-state index contributed by atoms with van der Waals surface area (Å²) >= 11 is 0. The van der Waals surface area contributed by atoms with E-state index in [1.54, 1.807) is 12.4 Å². The molecule has 0 radical (unpaired) electrons. The van der Waals surface area contributed by atoms with Gasteiger partial charge in [0.05, 0.1) is 0 Å². The second-order valence-corrected chi connectivity index (χ2v) is 5.69. The van der Waals surface area contributed by atoms with Crippen LogP contribution in [0, 0.1) is 0 Å². The average molecular weight is 307 g/mol. The number of rotatable bonds is 3. The number of pyridine rings is 1. The van der Waals surface area contributed by atoms with Gasteiger partial charge < -0.3 is 15.0 Å². The number of nitrogens with zero attached hydrogens (tertiary/aromatic N) is 1. The van der Waals surface area contributed by atoms with Gasteiger partial charge in [0, 0.05) is 54.1 Å². The van der Waals surface area contributed by atoms with Crippen molar-refractivity contribution in [2.45, 2.75) is 12.5 Å². The van der Waals surface area contributed by atoms with Crippen LogP contribution in [0.4, 0.5) is 0 Å². The summed E-state index contributed by atoms with van der Waals surface area (Å²) in [5.74, 6) is 0. The molecule has 116 valence electrons. The van der Waals surface area contributed by atoms with Crippen molar-refractivity contribution in [3.05, 3.63) is 54.0 Å². The monoisotopic (exact) mass is 307 g/mol. The Bertz CT molecular complexity index is 842. The maximum absolute atomic E-state index is 10.9. The van der Waals surface area contributed by atoms with Crippen LogP contribution in [0.3, 0.4) is 0 Å². The van der Waals surface area contributed by atoms with E-state index in [0.29, 0.717) is 13.0 Å². The van der Waals surface area contributed by atoms with E-state index < -0.39 is 0 Å². The van der Waals surface area contributed by atoms with Crippen LogP contribution in [-0.4, -0.2) is 29.5 Å². The summed E-state index contributed by atoms with van der Waals surface area (Å²) in [7, 11) is 0. The van der Waals surface area contributed by atoms with Gasteiger partial charge in [-0.25, -0.2) is 0 Å². The van der Waals surface area contributed by atoms with Gasteiger partial charge in [-0.1, -0.05) is 6.07 Å². The molecule has 1 aliphatic heterocycles. The van der Waals surface area contributed by atoms with Crippen LogP contribution in [-0.2, 0) is 16.0 Å². The van der Waals surface area contributed by atoms with Crippen molar-refractivity contribution in [3.8, 4) is 11.1 Å². The van der Waals surface area contributed by atoms with Gasteiger partial charge >= 0.3 is 0 Å². The zero-order valence-electron chi connectivity index (χ0n) is 12.6. The van der Waals surface area contributed by atoms with Crippen LogP contribution in [0.5, 0.6) is 0 Å². The molecule has 0 saturated heterocycles. The van der Waals surface area contributed by atoms with Crippen LogP contribution in [0.15, 0.2) is 42.7 Å². The summed E-state index contributed by atoms with van der Waals surface area (Å²) in [4.78, 5) is 18.4. The van der Waals surface area contributed by atoms with E-state index in [4.69, 9.17) is 4.74 Å². The van der Waals surface area contributed by atoms with Gasteiger partial charge in [-0.15, -0.1) is 0 Å². The van der Waals surface area contributed by atoms with Crippen LogP contribution in [0.25, 0.3) is 22.0 Å². The molecule has 0 fully saturated rings. The summed E-state index contributed by atoms with van der Waals surface area (Å²) in [5.41, 5.74) is 5.56. The number of fused-ring (bicyclic) bond motifs is 3. The fourth-order valence-electron chi connectivity index (χ4n) is 3.29. The molecule has 5 heteroatoms. The molecule has 3 heterocycles. The molecular formula is C18H17N3O2. The molecule has 2 N–H and O–H groups in total. The Morgan fingerprint density at radius 1 is 1.17 bits per heavy atom. The summed E-state index contributed by atoms with van der Waals surface area (Å²) in [6, 6.07) is 10.3. The molecule has 0 spiro atoms. The fourth-order valence-corrected chi connectivity index (χ4v) is 3.29. The van der Waals surface area contributed by atoms with E-state index in [0.717, 1.165) is 46.3 Å². The van der Waals surface area contributed by atoms with Gasteiger partial charge in [0.2, 0.25) is 0 Å². The van der Waals surface area contributed by atoms with Gasteiger partial charge in [-0.05, 0) is 35.4 Å². The first-order chi connectivity index (χ1) is 11.4. The van der Waals surface area contributed by atoms with Crippen LogP contribution >= 0.6 is 0 Å². The topological polar surface area (TPSA) is 67.0 Å². The predicted molar refractivity (Wildman–Crippen MR) is 88.0 cm³/mol. The van der Waals surface area contributed by atoms with E-state index in [1.165, 1.54) is 0 Å². The molecule has 1 unspecified atom stereocenters. The predicted octanol–water partition coefficient (Wildman–Crippen LogP) is 2.59. The molecule has 1 aromatic carbocycles. The molecule has 5 nitrogen and oxygen atoms in total. The highest BCUT2D eigenvalue weighted by Gasteiger charge is 2.24. The van der Waals surface area contributed by atoms with Crippen molar-refractivity contribution in [1.82, 2.24) is 15.3 Å². The van der Waals surface area contributed by atoms with Crippen molar-refractivity contribution >= 4 is 17.4 Å². The van der Waals surface area contributed by atoms with E-state index >= 15 is 0 Å². The molecule has 0 aliphatic carbocycles. The normalized spacial score (nSPS) is 17.5. The minimum Gasteiger partial charge on any atom is -0.458 e. The molecule has 2 aromatic heterocycles. The fraction of sp³-hybridized carbons (Fsp3) is 0.222. The van der Waals surface area contributed by atoms with E-state index in [2.05, 4.69) is 33.5 Å². The SMILES string of the molecule is O=COC1CNCCc2[nH]c3ccc(-c4ccncc4)cc3c21. The average Bonchev–Trinajstić information content (AvgIpc) is 2.84. The highest BCUT2D eigenvalue weighted by atomic mass is 16.5. The maximum atomic E-state index is 10.9. The zero-order chi connectivity index (χ0) is 15.6. The molecule has 4 rings (SSSR count). The highest BCUT2D eigenvalue weighted by molar-refractivity contribution is 5.89. The Hall–Kier alpha value is -2.66. The first-order valence-electron chi connectivity index (χ1n) is 7.71. The summed E-state index contributed by atoms with van der Waals surface area (Å²) in [5, 5.41) is 4.43. The number of nitrogens with one attached hydrogen (secondary N) is 2. The number of hydrogen-bond acceptors (Lipinski definition) is 4. The van der Waals surface area contributed by atoms with E-state index in [-0.39, 0.29) is 6.10 Å². The van der Waals surface area contributed by atoms with E-state index in [9.17, 15) is 4.79 Å². The van der Waals surface area contributed by atoms with Crippen molar-refractivity contribution in [3.63, 3.8) is 0 Å². The second-order valence-electron chi connectivity index (χ2n) is 5.69. The number of benzene rings is 1. The maximum Gasteiger partial charge on any atom is 0.293 e. The summed E-state index contributed by atoms with van der Waals surface area (Å²) in [6.45, 7) is 2.04. The first kappa shape index (κ1) is 14.0. The first-order valence-corrected chi connectivity index (χ1v) is 7.71. The lowest BCUT2D eigenvalue weighted by molar-refractivity contribution is -0.133. The number of aromatic amines is 1. The Labute approximate surface area is 133 Å². The number of hydrogen-bond donors (Lipinski definition) is 2. The lowest BCUT2D eigenvalue weighted by Gasteiger charge is -2.14. The molecule has 1 atom stereocenters. The Morgan fingerprint density at radius 2 is 2.04 bits per heavy atom. The van der Waals surface area contributed by atoms with Gasteiger partial charge in [0.15, 0.2) is 0 Å². The molecule has 1 aliphatic rings. The highest BCUT2D eigenvalue weighted by Crippen LogP contribution is 2.34. The smallest absolute Gasteiger partial charge is 0.293 e. The third kappa shape index (κ3) is 2.49. The second kappa shape index (κ2) is 5.85. The standard InChI is InChI=1S/C18H17N3O2/c22-11-23-17-10-20-8-5-16-18(17)14-9-13(1-2-15(14)21-16)12-3-6-19-7-4-12/h1-4,6-7,9,11,17,20-21H,5,8,10H2. The summed E-state index contributed by atoms with van der Waals surface area (Å²) in [6.07, 6.45) is 4.22. The van der Waals surface area contributed by atoms with Gasteiger partial charge in [-0.2, -0.15) is 0 Å². The van der Waals surface area contributed by atoms with E-state index in [1.807, 2.05) is 12.1 Å². The van der Waals surface area contributed by atoms with Crippen LogP contribution in [0.1, 0.15) is 17.4 Å². The zero-order valence-corrected chi connectivity index (χ0v) is 12.6. The third-order valence-electron chi connectivity index (χ3n) is 4.36. The quantitative estimate of drug-likeness (QED) is 0.730. The number of ether oxygens (including phenoxy) is 1. The molecule has 23 heavy (non-hydrogen) atoms. The van der Waals surface area contributed by atoms with Crippen molar-refractivity contribution < 1.29 is 9.53 Å². The molecule has 0 saturated carbocycles. The minimum absolute atomic E-state index is 0.258. The van der Waals surface area contributed by atoms with Gasteiger partial charge in [0.1, 0.15) is 6.10 Å². The van der Waals surface area contributed by atoms with Crippen molar-refractivity contribution in [1.29, 1.82) is 0 Å². The molecular weight excluding hydrogens is 290 g/mol. The number of carbonyl (C=O) groups excluding carboxylic acids is 1. The summed E-state index contributed by atoms with van der Waals surface area (Å²) < 4.78 is 5.33. The Kier molecular flexibility index (Phi) is 3.55. The Morgan fingerprint density at radius 3 is 2.87 bits per heavy atom. The van der Waals surface area contributed by atoms with Gasteiger partial charge in [-0.3, -0.25) is 9.78 Å². The van der Waals surface area contributed by atoms with Gasteiger partial charge in [0.25, 0.3) is 6.47 Å². The lowest BCUT2D eigenvalue weighted by Crippen LogP contribution is -2.21. The third-order valence-corrected chi connectivity index (χ3v) is 4.36.